The number of ether oxygens (including phenoxy) is 1. The van der Waals surface area contributed by atoms with Gasteiger partial charge in [0.1, 0.15) is 17.7 Å². The predicted molar refractivity (Wildman–Crippen MR) is 160 cm³/mol. The number of carbonyl (C=O) groups is 2. The molecule has 0 spiro atoms. The highest BCUT2D eigenvalue weighted by molar-refractivity contribution is 5.96. The van der Waals surface area contributed by atoms with Gasteiger partial charge in [0.05, 0.1) is 17.0 Å². The molecule has 3 saturated heterocycles. The molecule has 2 aromatic rings. The number of nitrogens with zero attached hydrogens (tertiary/aromatic N) is 5. The zero-order valence-electron chi connectivity index (χ0n) is 26.0. The van der Waals surface area contributed by atoms with Gasteiger partial charge in [-0.15, -0.1) is 0 Å². The summed E-state index contributed by atoms with van der Waals surface area (Å²) < 4.78 is 20.0. The molecular formula is C33H46FN5O3. The minimum atomic E-state index is -0.514. The molecule has 228 valence electrons. The fourth-order valence-corrected chi connectivity index (χ4v) is 7.28. The summed E-state index contributed by atoms with van der Waals surface area (Å²) in [5.74, 6) is 1.31. The minimum absolute atomic E-state index is 0.0449. The second-order valence-corrected chi connectivity index (χ2v) is 13.7. The number of likely N-dealkylation sites (tertiary alicyclic amines) is 3. The number of fused-ring (bicyclic) bond motifs is 1. The van der Waals surface area contributed by atoms with Gasteiger partial charge >= 0.3 is 6.09 Å². The number of rotatable bonds is 6. The van der Waals surface area contributed by atoms with Crippen molar-refractivity contribution in [3.8, 4) is 0 Å². The van der Waals surface area contributed by atoms with Crippen molar-refractivity contribution in [2.45, 2.75) is 78.4 Å². The van der Waals surface area contributed by atoms with E-state index in [1.807, 2.05) is 50.5 Å². The summed E-state index contributed by atoms with van der Waals surface area (Å²) in [4.78, 5) is 40.9. The first-order valence-electron chi connectivity index (χ1n) is 15.4. The lowest BCUT2D eigenvalue weighted by atomic mass is 9.76. The van der Waals surface area contributed by atoms with E-state index in [0.717, 1.165) is 62.4 Å². The molecule has 2 amide bonds. The Kier molecular flexibility index (Phi) is 8.88. The van der Waals surface area contributed by atoms with Crippen LogP contribution in [-0.4, -0.2) is 87.6 Å². The lowest BCUT2D eigenvalue weighted by molar-refractivity contribution is 0.0168. The predicted octanol–water partition coefficient (Wildman–Crippen LogP) is 5.45. The molecule has 8 nitrogen and oxygen atoms in total. The normalized spacial score (nSPS) is 23.1. The van der Waals surface area contributed by atoms with Crippen LogP contribution in [0.3, 0.4) is 0 Å². The molecule has 5 rings (SSSR count). The van der Waals surface area contributed by atoms with E-state index in [1.165, 1.54) is 12.4 Å². The van der Waals surface area contributed by atoms with E-state index in [4.69, 9.17) is 4.74 Å². The van der Waals surface area contributed by atoms with Gasteiger partial charge in [0.15, 0.2) is 0 Å². The molecule has 3 aliphatic heterocycles. The summed E-state index contributed by atoms with van der Waals surface area (Å²) in [6.07, 6.45) is 3.94. The van der Waals surface area contributed by atoms with Gasteiger partial charge in [0, 0.05) is 45.3 Å². The standard InChI is InChI=1S/C33H46FN5O3/c1-21(38-16-26-18-39(19-27(26)17-38)31(40)30-22(2)35-20-36-23(30)3)14-29(25-8-7-9-28(34)15-25)24-10-12-37(13-11-24)32(41)42-33(4,5)6/h7-9,15,20-21,24,26-27,29H,10-14,16-19H2,1-6H3. The Labute approximate surface area is 249 Å². The number of carbonyl (C=O) groups excluding carboxylic acids is 2. The Hall–Kier alpha value is -3.07. The van der Waals surface area contributed by atoms with Crippen LogP contribution in [-0.2, 0) is 4.74 Å². The summed E-state index contributed by atoms with van der Waals surface area (Å²) in [5.41, 5.74) is 2.64. The summed E-state index contributed by atoms with van der Waals surface area (Å²) in [5, 5.41) is 0. The molecule has 1 aromatic heterocycles. The maximum atomic E-state index is 14.4. The number of hydrogen-bond donors (Lipinski definition) is 0. The van der Waals surface area contributed by atoms with Gasteiger partial charge in [0.2, 0.25) is 0 Å². The number of piperidine rings is 1. The molecule has 0 saturated carbocycles. The Morgan fingerprint density at radius 2 is 1.62 bits per heavy atom. The highest BCUT2D eigenvalue weighted by Crippen LogP contribution is 2.40. The summed E-state index contributed by atoms with van der Waals surface area (Å²) in [7, 11) is 0. The van der Waals surface area contributed by atoms with Crippen LogP contribution in [0, 0.1) is 37.4 Å². The molecule has 4 unspecified atom stereocenters. The van der Waals surface area contributed by atoms with E-state index < -0.39 is 5.60 Å². The van der Waals surface area contributed by atoms with Crippen molar-refractivity contribution >= 4 is 12.0 Å². The van der Waals surface area contributed by atoms with Crippen molar-refractivity contribution in [3.05, 3.63) is 58.9 Å². The molecule has 0 radical (unpaired) electrons. The molecule has 0 bridgehead atoms. The van der Waals surface area contributed by atoms with Crippen molar-refractivity contribution in [1.82, 2.24) is 24.7 Å². The number of aromatic nitrogens is 2. The Balaban J connectivity index is 1.21. The molecule has 42 heavy (non-hydrogen) atoms. The number of aryl methyl sites for hydroxylation is 2. The van der Waals surface area contributed by atoms with E-state index >= 15 is 0 Å². The van der Waals surface area contributed by atoms with Gasteiger partial charge in [-0.2, -0.15) is 0 Å². The molecule has 4 heterocycles. The highest BCUT2D eigenvalue weighted by atomic mass is 19.1. The maximum absolute atomic E-state index is 14.4. The van der Waals surface area contributed by atoms with Gasteiger partial charge in [0.25, 0.3) is 5.91 Å². The molecule has 3 fully saturated rings. The first kappa shape index (κ1) is 30.4. The summed E-state index contributed by atoms with van der Waals surface area (Å²) in [6, 6.07) is 7.39. The van der Waals surface area contributed by atoms with Crippen LogP contribution >= 0.6 is 0 Å². The van der Waals surface area contributed by atoms with Crippen LogP contribution in [0.5, 0.6) is 0 Å². The van der Waals surface area contributed by atoms with E-state index in [1.54, 1.807) is 6.07 Å². The molecule has 4 atom stereocenters. The van der Waals surface area contributed by atoms with Crippen LogP contribution < -0.4 is 0 Å². The van der Waals surface area contributed by atoms with Crippen LogP contribution in [0.25, 0.3) is 0 Å². The van der Waals surface area contributed by atoms with Crippen LogP contribution in [0.15, 0.2) is 30.6 Å². The first-order chi connectivity index (χ1) is 19.9. The largest absolute Gasteiger partial charge is 0.444 e. The second kappa shape index (κ2) is 12.3. The van der Waals surface area contributed by atoms with Gasteiger partial charge in [-0.25, -0.2) is 19.2 Å². The lowest BCUT2D eigenvalue weighted by Gasteiger charge is -2.39. The molecule has 0 N–H and O–H groups in total. The number of amides is 2. The molecule has 3 aliphatic rings. The van der Waals surface area contributed by atoms with Crippen molar-refractivity contribution < 1.29 is 18.7 Å². The molecule has 1 aromatic carbocycles. The third-order valence-corrected chi connectivity index (χ3v) is 9.50. The zero-order chi connectivity index (χ0) is 30.2. The molecule has 0 aliphatic carbocycles. The third-order valence-electron chi connectivity index (χ3n) is 9.50. The average molecular weight is 580 g/mol. The van der Waals surface area contributed by atoms with Crippen molar-refractivity contribution in [2.24, 2.45) is 17.8 Å². The van der Waals surface area contributed by atoms with Crippen molar-refractivity contribution in [1.29, 1.82) is 0 Å². The molecule has 9 heteroatoms. The van der Waals surface area contributed by atoms with Gasteiger partial charge in [-0.1, -0.05) is 12.1 Å². The fraction of sp³-hybridized carbons (Fsp3) is 0.636. The lowest BCUT2D eigenvalue weighted by Crippen LogP contribution is -2.43. The van der Waals surface area contributed by atoms with Crippen LogP contribution in [0.4, 0.5) is 9.18 Å². The second-order valence-electron chi connectivity index (χ2n) is 13.7. The average Bonchev–Trinajstić information content (AvgIpc) is 3.51. The Morgan fingerprint density at radius 1 is 1.00 bits per heavy atom. The zero-order valence-corrected chi connectivity index (χ0v) is 26.0. The van der Waals surface area contributed by atoms with Crippen molar-refractivity contribution in [2.75, 3.05) is 39.3 Å². The fourth-order valence-electron chi connectivity index (χ4n) is 7.28. The van der Waals surface area contributed by atoms with Crippen LogP contribution in [0.2, 0.25) is 0 Å². The van der Waals surface area contributed by atoms with Crippen LogP contribution in [0.1, 0.15) is 80.2 Å². The minimum Gasteiger partial charge on any atom is -0.444 e. The number of benzene rings is 1. The monoisotopic (exact) mass is 579 g/mol. The Morgan fingerprint density at radius 3 is 2.19 bits per heavy atom. The van der Waals surface area contributed by atoms with Crippen molar-refractivity contribution in [3.63, 3.8) is 0 Å². The topological polar surface area (TPSA) is 78.9 Å². The Bertz CT molecular complexity index is 1250. The third kappa shape index (κ3) is 6.77. The first-order valence-corrected chi connectivity index (χ1v) is 15.4. The van der Waals surface area contributed by atoms with Gasteiger partial charge in [-0.3, -0.25) is 9.69 Å². The number of hydrogen-bond acceptors (Lipinski definition) is 6. The van der Waals surface area contributed by atoms with E-state index in [0.29, 0.717) is 42.4 Å². The van der Waals surface area contributed by atoms with Gasteiger partial charge < -0.3 is 14.5 Å². The van der Waals surface area contributed by atoms with Gasteiger partial charge in [-0.05, 0) is 102 Å². The van der Waals surface area contributed by atoms with E-state index in [9.17, 15) is 14.0 Å². The summed E-state index contributed by atoms with van der Waals surface area (Å²) in [6.45, 7) is 16.5. The SMILES string of the molecule is Cc1ncnc(C)c1C(=O)N1CC2CN(C(C)CC(c3cccc(F)c3)C3CCN(C(=O)OC(C)(C)C)CC3)CC2C1. The molecular weight excluding hydrogens is 533 g/mol. The highest BCUT2D eigenvalue weighted by Gasteiger charge is 2.44. The van der Waals surface area contributed by atoms with E-state index in [2.05, 4.69) is 27.9 Å². The quantitative estimate of drug-likeness (QED) is 0.453. The maximum Gasteiger partial charge on any atom is 0.410 e. The number of halogens is 1. The summed E-state index contributed by atoms with van der Waals surface area (Å²) >= 11 is 0. The smallest absolute Gasteiger partial charge is 0.410 e. The van der Waals surface area contributed by atoms with E-state index in [-0.39, 0.29) is 23.7 Å².